The van der Waals surface area contributed by atoms with Gasteiger partial charge in [0.1, 0.15) is 5.60 Å². The molecule has 0 amide bonds. The lowest BCUT2D eigenvalue weighted by molar-refractivity contribution is -0.169. The lowest BCUT2D eigenvalue weighted by atomic mass is 9.79. The fraction of sp³-hybridized carbons (Fsp3) is 0.786. The van der Waals surface area contributed by atoms with Gasteiger partial charge in [-0.2, -0.15) is 0 Å². The lowest BCUT2D eigenvalue weighted by Gasteiger charge is -2.40. The van der Waals surface area contributed by atoms with Crippen molar-refractivity contribution in [2.75, 3.05) is 13.2 Å². The molecule has 3 heteroatoms. The fourth-order valence-electron chi connectivity index (χ4n) is 2.48. The Morgan fingerprint density at radius 3 is 2.53 bits per heavy atom. The van der Waals surface area contributed by atoms with E-state index in [1.54, 1.807) is 6.92 Å². The van der Waals surface area contributed by atoms with Crippen molar-refractivity contribution in [3.63, 3.8) is 0 Å². The van der Waals surface area contributed by atoms with E-state index in [9.17, 15) is 4.79 Å². The molecule has 0 bridgehead atoms. The molecule has 1 aliphatic heterocycles. The van der Waals surface area contributed by atoms with Gasteiger partial charge in [-0.1, -0.05) is 20.4 Å². The third kappa shape index (κ3) is 3.32. The Morgan fingerprint density at radius 2 is 2.12 bits per heavy atom. The maximum atomic E-state index is 11.8. The number of hydrogen-bond donors (Lipinski definition) is 0. The molecular weight excluding hydrogens is 216 g/mol. The molecule has 0 aromatic heterocycles. The zero-order chi connectivity index (χ0) is 12.9. The Bertz CT molecular complexity index is 273. The SMILES string of the molecule is C=C(C)C(=O)OC(CC)(CC)C1CCCOC1. The summed E-state index contributed by atoms with van der Waals surface area (Å²) in [5.74, 6) is 0.0359. The van der Waals surface area contributed by atoms with E-state index in [2.05, 4.69) is 20.4 Å². The predicted molar refractivity (Wildman–Crippen MR) is 67.8 cm³/mol. The average molecular weight is 240 g/mol. The van der Waals surface area contributed by atoms with Crippen LogP contribution in [0, 0.1) is 5.92 Å². The molecule has 98 valence electrons. The second-order valence-electron chi connectivity index (χ2n) is 4.86. The topological polar surface area (TPSA) is 35.5 Å². The van der Waals surface area contributed by atoms with Crippen LogP contribution in [0.2, 0.25) is 0 Å². The van der Waals surface area contributed by atoms with Crippen molar-refractivity contribution in [3.8, 4) is 0 Å². The smallest absolute Gasteiger partial charge is 0.333 e. The Labute approximate surface area is 104 Å². The first-order valence-corrected chi connectivity index (χ1v) is 6.52. The molecule has 17 heavy (non-hydrogen) atoms. The van der Waals surface area contributed by atoms with Crippen molar-refractivity contribution in [1.29, 1.82) is 0 Å². The first-order chi connectivity index (χ1) is 8.05. The molecular formula is C14H24O3. The summed E-state index contributed by atoms with van der Waals surface area (Å²) < 4.78 is 11.2. The van der Waals surface area contributed by atoms with E-state index in [0.29, 0.717) is 18.1 Å². The standard InChI is InChI=1S/C14H24O3/c1-5-14(6-2,17-13(15)11(3)4)12-8-7-9-16-10-12/h12H,3,5-10H2,1-2,4H3. The Balaban J connectivity index is 2.79. The summed E-state index contributed by atoms with van der Waals surface area (Å²) >= 11 is 0. The first-order valence-electron chi connectivity index (χ1n) is 6.52. The van der Waals surface area contributed by atoms with E-state index >= 15 is 0 Å². The molecule has 1 unspecified atom stereocenters. The van der Waals surface area contributed by atoms with E-state index in [0.717, 1.165) is 32.3 Å². The van der Waals surface area contributed by atoms with E-state index < -0.39 is 0 Å². The van der Waals surface area contributed by atoms with E-state index in [-0.39, 0.29) is 11.6 Å². The van der Waals surface area contributed by atoms with Gasteiger partial charge in [-0.3, -0.25) is 0 Å². The van der Waals surface area contributed by atoms with Gasteiger partial charge >= 0.3 is 5.97 Å². The number of carbonyl (C=O) groups excluding carboxylic acids is 1. The first kappa shape index (κ1) is 14.2. The predicted octanol–water partition coefficient (Wildman–Crippen LogP) is 3.09. The number of esters is 1. The van der Waals surface area contributed by atoms with Crippen LogP contribution < -0.4 is 0 Å². The summed E-state index contributed by atoms with van der Waals surface area (Å²) in [7, 11) is 0. The van der Waals surface area contributed by atoms with Crippen LogP contribution >= 0.6 is 0 Å². The van der Waals surface area contributed by atoms with E-state index in [4.69, 9.17) is 9.47 Å². The second kappa shape index (κ2) is 6.20. The Kier molecular flexibility index (Phi) is 5.19. The van der Waals surface area contributed by atoms with Crippen LogP contribution in [0.1, 0.15) is 46.5 Å². The minimum atomic E-state index is -0.379. The Hall–Kier alpha value is -0.830. The lowest BCUT2D eigenvalue weighted by Crippen LogP contribution is -2.45. The number of carbonyl (C=O) groups is 1. The maximum Gasteiger partial charge on any atom is 0.333 e. The number of rotatable bonds is 5. The molecule has 0 saturated carbocycles. The second-order valence-corrected chi connectivity index (χ2v) is 4.86. The minimum Gasteiger partial charge on any atom is -0.455 e. The highest BCUT2D eigenvalue weighted by Crippen LogP contribution is 2.35. The van der Waals surface area contributed by atoms with Crippen LogP contribution in [0.5, 0.6) is 0 Å². The normalized spacial score (nSPS) is 21.0. The van der Waals surface area contributed by atoms with Crippen molar-refractivity contribution in [2.45, 2.75) is 52.1 Å². The number of ether oxygens (including phenoxy) is 2. The third-order valence-corrected chi connectivity index (χ3v) is 3.75. The molecule has 1 saturated heterocycles. The van der Waals surface area contributed by atoms with Gasteiger partial charge in [0.2, 0.25) is 0 Å². The highest BCUT2D eigenvalue weighted by molar-refractivity contribution is 5.87. The molecule has 0 spiro atoms. The molecule has 1 aliphatic rings. The summed E-state index contributed by atoms with van der Waals surface area (Å²) in [5, 5.41) is 0. The third-order valence-electron chi connectivity index (χ3n) is 3.75. The molecule has 0 aromatic carbocycles. The fourth-order valence-corrected chi connectivity index (χ4v) is 2.48. The zero-order valence-electron chi connectivity index (χ0n) is 11.3. The van der Waals surface area contributed by atoms with Gasteiger partial charge in [0.25, 0.3) is 0 Å². The highest BCUT2D eigenvalue weighted by Gasteiger charge is 2.40. The molecule has 1 rings (SSSR count). The summed E-state index contributed by atoms with van der Waals surface area (Å²) in [6, 6.07) is 0. The van der Waals surface area contributed by atoms with Crippen molar-refractivity contribution in [3.05, 3.63) is 12.2 Å². The molecule has 0 aliphatic carbocycles. The zero-order valence-corrected chi connectivity index (χ0v) is 11.3. The van der Waals surface area contributed by atoms with Crippen LogP contribution in [0.25, 0.3) is 0 Å². The van der Waals surface area contributed by atoms with Crippen molar-refractivity contribution in [2.24, 2.45) is 5.92 Å². The molecule has 0 N–H and O–H groups in total. The monoisotopic (exact) mass is 240 g/mol. The van der Waals surface area contributed by atoms with Gasteiger partial charge in [-0.15, -0.1) is 0 Å². The van der Waals surface area contributed by atoms with Crippen molar-refractivity contribution >= 4 is 5.97 Å². The quantitative estimate of drug-likeness (QED) is 0.547. The van der Waals surface area contributed by atoms with Crippen molar-refractivity contribution < 1.29 is 14.3 Å². The maximum absolute atomic E-state index is 11.8. The molecule has 0 radical (unpaired) electrons. The Morgan fingerprint density at radius 1 is 1.47 bits per heavy atom. The van der Waals surface area contributed by atoms with E-state index in [1.165, 1.54) is 0 Å². The summed E-state index contributed by atoms with van der Waals surface area (Å²) in [4.78, 5) is 11.8. The van der Waals surface area contributed by atoms with Crippen LogP contribution in [0.3, 0.4) is 0 Å². The number of hydrogen-bond acceptors (Lipinski definition) is 3. The largest absolute Gasteiger partial charge is 0.455 e. The van der Waals surface area contributed by atoms with Gasteiger partial charge in [0.15, 0.2) is 0 Å². The highest BCUT2D eigenvalue weighted by atomic mass is 16.6. The molecule has 1 heterocycles. The molecule has 1 atom stereocenters. The van der Waals surface area contributed by atoms with Gasteiger partial charge in [-0.25, -0.2) is 4.79 Å². The minimum absolute atomic E-state index is 0.278. The van der Waals surface area contributed by atoms with Gasteiger partial charge in [0.05, 0.1) is 6.61 Å². The molecule has 0 aromatic rings. The molecule has 1 fully saturated rings. The van der Waals surface area contributed by atoms with Crippen LogP contribution in [0.4, 0.5) is 0 Å². The summed E-state index contributed by atoms with van der Waals surface area (Å²) in [6.07, 6.45) is 3.79. The van der Waals surface area contributed by atoms with Gasteiger partial charge in [0, 0.05) is 18.1 Å². The van der Waals surface area contributed by atoms with E-state index in [1.807, 2.05) is 0 Å². The van der Waals surface area contributed by atoms with Crippen LogP contribution in [-0.4, -0.2) is 24.8 Å². The van der Waals surface area contributed by atoms with Crippen molar-refractivity contribution in [1.82, 2.24) is 0 Å². The van der Waals surface area contributed by atoms with Crippen LogP contribution in [-0.2, 0) is 14.3 Å². The summed E-state index contributed by atoms with van der Waals surface area (Å²) in [5.41, 5.74) is 0.0872. The van der Waals surface area contributed by atoms with Gasteiger partial charge < -0.3 is 9.47 Å². The average Bonchev–Trinajstić information content (AvgIpc) is 2.36. The van der Waals surface area contributed by atoms with Crippen LogP contribution in [0.15, 0.2) is 12.2 Å². The van der Waals surface area contributed by atoms with Gasteiger partial charge in [-0.05, 0) is 32.6 Å². The summed E-state index contributed by atoms with van der Waals surface area (Å²) in [6.45, 7) is 11.0. The molecule has 3 nitrogen and oxygen atoms in total.